The second-order valence-corrected chi connectivity index (χ2v) is 5.68. The molecule has 1 fully saturated rings. The van der Waals surface area contributed by atoms with Crippen LogP contribution in [0.1, 0.15) is 19.8 Å². The van der Waals surface area contributed by atoms with Crippen LogP contribution in [0.25, 0.3) is 0 Å². The van der Waals surface area contributed by atoms with Crippen molar-refractivity contribution in [2.45, 2.75) is 31.3 Å². The standard InChI is InChI=1S/C13H16ClN3O4/c1-13(12(15)18,16-8-2-3-8)7-21-11-5-4-9(17(19)20)6-10(11)14/h4-6,8,16H,2-3,7H2,1H3,(H2,15,18). The topological polar surface area (TPSA) is 107 Å². The number of non-ortho nitro benzene ring substituents is 1. The van der Waals surface area contributed by atoms with E-state index in [1.54, 1.807) is 6.92 Å². The van der Waals surface area contributed by atoms with Crippen molar-refractivity contribution in [2.75, 3.05) is 6.61 Å². The van der Waals surface area contributed by atoms with E-state index in [1.165, 1.54) is 18.2 Å². The number of nitrogens with one attached hydrogen (secondary N) is 1. The molecule has 1 aliphatic carbocycles. The Hall–Kier alpha value is -1.86. The van der Waals surface area contributed by atoms with E-state index in [1.807, 2.05) is 0 Å². The fraction of sp³-hybridized carbons (Fsp3) is 0.462. The minimum absolute atomic E-state index is 0.00361. The quantitative estimate of drug-likeness (QED) is 0.587. The second-order valence-electron chi connectivity index (χ2n) is 5.28. The SMILES string of the molecule is CC(COc1ccc([N+](=O)[O-])cc1Cl)(NC1CC1)C(N)=O. The molecule has 0 aromatic heterocycles. The number of hydrogen-bond donors (Lipinski definition) is 2. The van der Waals surface area contributed by atoms with Crippen LogP contribution >= 0.6 is 11.6 Å². The zero-order valence-corrected chi connectivity index (χ0v) is 12.2. The summed E-state index contributed by atoms with van der Waals surface area (Å²) in [5.41, 5.74) is 4.28. The average Bonchev–Trinajstić information content (AvgIpc) is 3.20. The molecule has 1 aromatic carbocycles. The Balaban J connectivity index is 2.06. The zero-order chi connectivity index (χ0) is 15.6. The van der Waals surface area contributed by atoms with Gasteiger partial charge in [-0.25, -0.2) is 0 Å². The van der Waals surface area contributed by atoms with Gasteiger partial charge in [0.2, 0.25) is 5.91 Å². The fourth-order valence-electron chi connectivity index (χ4n) is 1.80. The van der Waals surface area contributed by atoms with Crippen molar-refractivity contribution in [3.05, 3.63) is 33.3 Å². The minimum atomic E-state index is -1.01. The first kappa shape index (κ1) is 15.5. The van der Waals surface area contributed by atoms with Crippen molar-refractivity contribution in [3.8, 4) is 5.75 Å². The summed E-state index contributed by atoms with van der Waals surface area (Å²) < 4.78 is 5.51. The molecule has 0 aliphatic heterocycles. The van der Waals surface area contributed by atoms with E-state index in [0.29, 0.717) is 0 Å². The Morgan fingerprint density at radius 3 is 2.76 bits per heavy atom. The molecule has 0 spiro atoms. The number of benzene rings is 1. The van der Waals surface area contributed by atoms with Gasteiger partial charge in [0.15, 0.2) is 0 Å². The number of nitro benzene ring substituents is 1. The van der Waals surface area contributed by atoms with Crippen molar-refractivity contribution in [1.82, 2.24) is 5.32 Å². The van der Waals surface area contributed by atoms with Gasteiger partial charge in [-0.05, 0) is 25.8 Å². The van der Waals surface area contributed by atoms with Gasteiger partial charge >= 0.3 is 0 Å². The van der Waals surface area contributed by atoms with Crippen molar-refractivity contribution in [1.29, 1.82) is 0 Å². The lowest BCUT2D eigenvalue weighted by Gasteiger charge is -2.27. The summed E-state index contributed by atoms with van der Waals surface area (Å²) in [5.74, 6) is -0.250. The third kappa shape index (κ3) is 3.83. The molecule has 1 saturated carbocycles. The normalized spacial score (nSPS) is 17.0. The molecule has 1 unspecified atom stereocenters. The van der Waals surface area contributed by atoms with Crippen molar-refractivity contribution in [2.24, 2.45) is 5.73 Å². The molecule has 1 aromatic rings. The first-order chi connectivity index (χ1) is 9.82. The van der Waals surface area contributed by atoms with Crippen LogP contribution in [-0.2, 0) is 4.79 Å². The molecular weight excluding hydrogens is 298 g/mol. The number of hydrogen-bond acceptors (Lipinski definition) is 5. The Bertz CT molecular complexity index is 577. The van der Waals surface area contributed by atoms with Crippen LogP contribution in [-0.4, -0.2) is 29.0 Å². The molecule has 0 saturated heterocycles. The van der Waals surface area contributed by atoms with Gasteiger partial charge in [-0.2, -0.15) is 0 Å². The number of halogens is 1. The number of primary amides is 1. The van der Waals surface area contributed by atoms with Gasteiger partial charge in [0.25, 0.3) is 5.69 Å². The van der Waals surface area contributed by atoms with E-state index in [9.17, 15) is 14.9 Å². The van der Waals surface area contributed by atoms with E-state index in [2.05, 4.69) is 5.32 Å². The van der Waals surface area contributed by atoms with E-state index in [0.717, 1.165) is 12.8 Å². The predicted molar refractivity (Wildman–Crippen MR) is 77.4 cm³/mol. The number of rotatable bonds is 7. The number of nitrogens with zero attached hydrogens (tertiary/aromatic N) is 1. The molecule has 1 atom stereocenters. The summed E-state index contributed by atoms with van der Waals surface area (Å²) in [6.07, 6.45) is 2.00. The van der Waals surface area contributed by atoms with E-state index >= 15 is 0 Å². The van der Waals surface area contributed by atoms with Crippen molar-refractivity contribution >= 4 is 23.2 Å². The first-order valence-corrected chi connectivity index (χ1v) is 6.84. The summed E-state index contributed by atoms with van der Waals surface area (Å²) in [7, 11) is 0. The second kappa shape index (κ2) is 5.87. The molecule has 8 heteroatoms. The monoisotopic (exact) mass is 313 g/mol. The van der Waals surface area contributed by atoms with Crippen molar-refractivity contribution < 1.29 is 14.5 Å². The van der Waals surface area contributed by atoms with Gasteiger partial charge in [-0.1, -0.05) is 11.6 Å². The maximum absolute atomic E-state index is 11.6. The summed E-state index contributed by atoms with van der Waals surface area (Å²) in [6, 6.07) is 4.17. The maximum Gasteiger partial charge on any atom is 0.271 e. The number of ether oxygens (including phenoxy) is 1. The van der Waals surface area contributed by atoms with Crippen LogP contribution in [0.4, 0.5) is 5.69 Å². The number of nitrogens with two attached hydrogens (primary N) is 1. The molecule has 1 aliphatic rings. The van der Waals surface area contributed by atoms with Crippen LogP contribution in [0.3, 0.4) is 0 Å². The Kier molecular flexibility index (Phi) is 4.34. The van der Waals surface area contributed by atoms with E-state index < -0.39 is 16.4 Å². The molecule has 21 heavy (non-hydrogen) atoms. The lowest BCUT2D eigenvalue weighted by molar-refractivity contribution is -0.384. The summed E-state index contributed by atoms with van der Waals surface area (Å²) in [4.78, 5) is 21.7. The Labute approximate surface area is 126 Å². The molecular formula is C13H16ClN3O4. The minimum Gasteiger partial charge on any atom is -0.490 e. The molecule has 0 heterocycles. The predicted octanol–water partition coefficient (Wildman–Crippen LogP) is 1.62. The summed E-state index contributed by atoms with van der Waals surface area (Å²) in [5, 5.41) is 13.9. The van der Waals surface area contributed by atoms with Gasteiger partial charge in [-0.3, -0.25) is 20.2 Å². The van der Waals surface area contributed by atoms with Crippen LogP contribution in [0.2, 0.25) is 5.02 Å². The summed E-state index contributed by atoms with van der Waals surface area (Å²) >= 11 is 5.93. The number of amides is 1. The van der Waals surface area contributed by atoms with Gasteiger partial charge in [-0.15, -0.1) is 0 Å². The largest absolute Gasteiger partial charge is 0.490 e. The highest BCUT2D eigenvalue weighted by Gasteiger charge is 2.38. The highest BCUT2D eigenvalue weighted by molar-refractivity contribution is 6.32. The van der Waals surface area contributed by atoms with Crippen LogP contribution in [0.5, 0.6) is 5.75 Å². The highest BCUT2D eigenvalue weighted by Crippen LogP contribution is 2.30. The molecule has 3 N–H and O–H groups in total. The smallest absolute Gasteiger partial charge is 0.271 e. The molecule has 0 bridgehead atoms. The molecule has 7 nitrogen and oxygen atoms in total. The van der Waals surface area contributed by atoms with Crippen molar-refractivity contribution in [3.63, 3.8) is 0 Å². The lowest BCUT2D eigenvalue weighted by atomic mass is 10.0. The molecule has 0 radical (unpaired) electrons. The maximum atomic E-state index is 11.6. The highest BCUT2D eigenvalue weighted by atomic mass is 35.5. The van der Waals surface area contributed by atoms with Gasteiger partial charge in [0, 0.05) is 18.2 Å². The molecule has 114 valence electrons. The number of carbonyl (C=O) groups excluding carboxylic acids is 1. The zero-order valence-electron chi connectivity index (χ0n) is 11.5. The third-order valence-electron chi connectivity index (χ3n) is 3.29. The first-order valence-electron chi connectivity index (χ1n) is 6.46. The fourth-order valence-corrected chi connectivity index (χ4v) is 2.03. The van der Waals surface area contributed by atoms with Crippen LogP contribution in [0, 0.1) is 10.1 Å². The molecule has 1 amide bonds. The van der Waals surface area contributed by atoms with Gasteiger partial charge < -0.3 is 10.5 Å². The summed E-state index contributed by atoms with van der Waals surface area (Å²) in [6.45, 7) is 1.66. The molecule has 2 rings (SSSR count). The van der Waals surface area contributed by atoms with Gasteiger partial charge in [0.1, 0.15) is 17.9 Å². The lowest BCUT2D eigenvalue weighted by Crippen LogP contribution is -2.57. The number of carbonyl (C=O) groups is 1. The van der Waals surface area contributed by atoms with Crippen LogP contribution < -0.4 is 15.8 Å². The van der Waals surface area contributed by atoms with Crippen LogP contribution in [0.15, 0.2) is 18.2 Å². The number of nitro groups is 1. The Morgan fingerprint density at radius 1 is 1.62 bits per heavy atom. The van der Waals surface area contributed by atoms with E-state index in [-0.39, 0.29) is 29.1 Å². The third-order valence-corrected chi connectivity index (χ3v) is 3.58. The van der Waals surface area contributed by atoms with Gasteiger partial charge in [0.05, 0.1) is 9.95 Å². The Morgan fingerprint density at radius 2 is 2.29 bits per heavy atom. The average molecular weight is 314 g/mol. The van der Waals surface area contributed by atoms with E-state index in [4.69, 9.17) is 22.1 Å².